The molecular formula is C14H18F3NO. The van der Waals surface area contributed by atoms with Crippen LogP contribution in [0.4, 0.5) is 13.2 Å². The van der Waals surface area contributed by atoms with E-state index in [0.717, 1.165) is 12.1 Å². The third kappa shape index (κ3) is 3.94. The average Bonchev–Trinajstić information content (AvgIpc) is 3.19. The molecule has 0 heterocycles. The summed E-state index contributed by atoms with van der Waals surface area (Å²) in [6.45, 7) is 2.31. The molecule has 2 unspecified atom stereocenters. The Hall–Kier alpha value is -1.07. The molecule has 106 valence electrons. The highest BCUT2D eigenvalue weighted by molar-refractivity contribution is 5.27. The number of halogens is 3. The van der Waals surface area contributed by atoms with Crippen LogP contribution in [0.2, 0.25) is 0 Å². The quantitative estimate of drug-likeness (QED) is 0.864. The van der Waals surface area contributed by atoms with E-state index in [1.165, 1.54) is 25.0 Å². The zero-order valence-electron chi connectivity index (χ0n) is 10.7. The molecule has 2 nitrogen and oxygen atoms in total. The van der Waals surface area contributed by atoms with E-state index < -0.39 is 17.8 Å². The Kier molecular flexibility index (Phi) is 4.16. The Bertz CT molecular complexity index is 429. The molecule has 5 heteroatoms. The highest BCUT2D eigenvalue weighted by Gasteiger charge is 2.31. The SMILES string of the molecule is CC(NCC(O)c1cccc(C(F)(F)F)c1)C1CC1. The summed E-state index contributed by atoms with van der Waals surface area (Å²) in [5.41, 5.74) is -0.426. The lowest BCUT2D eigenvalue weighted by Gasteiger charge is -2.18. The van der Waals surface area contributed by atoms with E-state index in [2.05, 4.69) is 5.32 Å². The minimum atomic E-state index is -4.37. The van der Waals surface area contributed by atoms with Gasteiger partial charge >= 0.3 is 6.18 Å². The largest absolute Gasteiger partial charge is 0.416 e. The Labute approximate surface area is 110 Å². The number of benzene rings is 1. The highest BCUT2D eigenvalue weighted by atomic mass is 19.4. The lowest BCUT2D eigenvalue weighted by atomic mass is 10.1. The fourth-order valence-corrected chi connectivity index (χ4v) is 2.10. The molecule has 1 aliphatic rings. The van der Waals surface area contributed by atoms with Crippen molar-refractivity contribution in [2.75, 3.05) is 6.54 Å². The zero-order chi connectivity index (χ0) is 14.0. The first-order valence-corrected chi connectivity index (χ1v) is 6.46. The molecule has 2 rings (SSSR count). The number of hydrogen-bond acceptors (Lipinski definition) is 2. The Morgan fingerprint density at radius 3 is 2.63 bits per heavy atom. The van der Waals surface area contributed by atoms with Gasteiger partial charge in [-0.3, -0.25) is 0 Å². The van der Waals surface area contributed by atoms with Crippen molar-refractivity contribution in [2.45, 2.75) is 38.1 Å². The summed E-state index contributed by atoms with van der Waals surface area (Å²) in [6, 6.07) is 5.17. The van der Waals surface area contributed by atoms with Crippen molar-refractivity contribution in [3.63, 3.8) is 0 Å². The Morgan fingerprint density at radius 1 is 1.37 bits per heavy atom. The molecule has 0 spiro atoms. The smallest absolute Gasteiger partial charge is 0.387 e. The summed E-state index contributed by atoms with van der Waals surface area (Å²) in [5.74, 6) is 0.647. The van der Waals surface area contributed by atoms with Crippen molar-refractivity contribution >= 4 is 0 Å². The van der Waals surface area contributed by atoms with Crippen LogP contribution in [0.25, 0.3) is 0 Å². The fraction of sp³-hybridized carbons (Fsp3) is 0.571. The van der Waals surface area contributed by atoms with Gasteiger partial charge in [0.1, 0.15) is 0 Å². The summed E-state index contributed by atoms with van der Waals surface area (Å²) in [6.07, 6.45) is -2.91. The van der Waals surface area contributed by atoms with Crippen molar-refractivity contribution in [3.05, 3.63) is 35.4 Å². The molecule has 1 aromatic carbocycles. The van der Waals surface area contributed by atoms with E-state index in [-0.39, 0.29) is 6.54 Å². The molecule has 1 aromatic rings. The van der Waals surface area contributed by atoms with Gasteiger partial charge < -0.3 is 10.4 Å². The van der Waals surface area contributed by atoms with E-state index in [1.807, 2.05) is 6.92 Å². The number of rotatable bonds is 5. The van der Waals surface area contributed by atoms with Crippen LogP contribution in [0.3, 0.4) is 0 Å². The van der Waals surface area contributed by atoms with E-state index in [9.17, 15) is 18.3 Å². The van der Waals surface area contributed by atoms with E-state index in [0.29, 0.717) is 17.5 Å². The molecule has 1 fully saturated rings. The van der Waals surface area contributed by atoms with Gasteiger partial charge in [-0.1, -0.05) is 12.1 Å². The number of aliphatic hydroxyl groups is 1. The molecule has 1 aliphatic carbocycles. The van der Waals surface area contributed by atoms with Gasteiger partial charge in [0.2, 0.25) is 0 Å². The molecule has 0 aromatic heterocycles. The first-order chi connectivity index (χ1) is 8.88. The standard InChI is InChI=1S/C14H18F3NO/c1-9(10-5-6-10)18-8-13(19)11-3-2-4-12(7-11)14(15,16)17/h2-4,7,9-10,13,18-19H,5-6,8H2,1H3. The normalized spacial score (nSPS) is 19.2. The van der Waals surface area contributed by atoms with Gasteiger partial charge in [-0.05, 0) is 43.4 Å². The van der Waals surface area contributed by atoms with Crippen LogP contribution >= 0.6 is 0 Å². The maximum atomic E-state index is 12.6. The average molecular weight is 273 g/mol. The number of nitrogens with one attached hydrogen (secondary N) is 1. The van der Waals surface area contributed by atoms with Crippen molar-refractivity contribution < 1.29 is 18.3 Å². The second kappa shape index (κ2) is 5.51. The van der Waals surface area contributed by atoms with Gasteiger partial charge in [0.15, 0.2) is 0 Å². The van der Waals surface area contributed by atoms with Crippen LogP contribution in [0.15, 0.2) is 24.3 Å². The van der Waals surface area contributed by atoms with Crippen LogP contribution in [-0.2, 0) is 6.18 Å². The molecule has 2 atom stereocenters. The number of aliphatic hydroxyl groups excluding tert-OH is 1. The van der Waals surface area contributed by atoms with Crippen LogP contribution < -0.4 is 5.32 Å². The lowest BCUT2D eigenvalue weighted by Crippen LogP contribution is -2.31. The second-order valence-corrected chi connectivity index (χ2v) is 5.17. The lowest BCUT2D eigenvalue weighted by molar-refractivity contribution is -0.137. The van der Waals surface area contributed by atoms with E-state index >= 15 is 0 Å². The zero-order valence-corrected chi connectivity index (χ0v) is 10.7. The first-order valence-electron chi connectivity index (χ1n) is 6.46. The van der Waals surface area contributed by atoms with Crippen LogP contribution in [0.1, 0.15) is 37.0 Å². The molecule has 2 N–H and O–H groups in total. The Balaban J connectivity index is 1.96. The molecule has 0 bridgehead atoms. The van der Waals surface area contributed by atoms with Crippen LogP contribution in [0.5, 0.6) is 0 Å². The van der Waals surface area contributed by atoms with Crippen molar-refractivity contribution in [1.82, 2.24) is 5.32 Å². The predicted molar refractivity (Wildman–Crippen MR) is 66.6 cm³/mol. The second-order valence-electron chi connectivity index (χ2n) is 5.17. The van der Waals surface area contributed by atoms with Crippen molar-refractivity contribution in [1.29, 1.82) is 0 Å². The fourth-order valence-electron chi connectivity index (χ4n) is 2.10. The minimum absolute atomic E-state index is 0.277. The summed E-state index contributed by atoms with van der Waals surface area (Å²) in [4.78, 5) is 0. The molecule has 0 saturated heterocycles. The Morgan fingerprint density at radius 2 is 2.05 bits per heavy atom. The summed E-state index contributed by atoms with van der Waals surface area (Å²) < 4.78 is 37.7. The molecule has 1 saturated carbocycles. The maximum Gasteiger partial charge on any atom is 0.416 e. The third-order valence-corrected chi connectivity index (χ3v) is 3.56. The maximum absolute atomic E-state index is 12.6. The molecule has 0 amide bonds. The van der Waals surface area contributed by atoms with Crippen LogP contribution in [-0.4, -0.2) is 17.7 Å². The van der Waals surface area contributed by atoms with Gasteiger partial charge in [0.05, 0.1) is 11.7 Å². The van der Waals surface area contributed by atoms with Gasteiger partial charge in [-0.15, -0.1) is 0 Å². The molecule has 19 heavy (non-hydrogen) atoms. The van der Waals surface area contributed by atoms with E-state index in [4.69, 9.17) is 0 Å². The molecular weight excluding hydrogens is 255 g/mol. The summed E-state index contributed by atoms with van der Waals surface area (Å²) in [7, 11) is 0. The van der Waals surface area contributed by atoms with Gasteiger partial charge in [0.25, 0.3) is 0 Å². The third-order valence-electron chi connectivity index (χ3n) is 3.56. The van der Waals surface area contributed by atoms with Gasteiger partial charge in [-0.25, -0.2) is 0 Å². The summed E-state index contributed by atoms with van der Waals surface area (Å²) in [5, 5.41) is 13.1. The van der Waals surface area contributed by atoms with Gasteiger partial charge in [0, 0.05) is 12.6 Å². The van der Waals surface area contributed by atoms with Crippen LogP contribution in [0, 0.1) is 5.92 Å². The van der Waals surface area contributed by atoms with Gasteiger partial charge in [-0.2, -0.15) is 13.2 Å². The van der Waals surface area contributed by atoms with E-state index in [1.54, 1.807) is 0 Å². The predicted octanol–water partition coefficient (Wildman–Crippen LogP) is 3.13. The number of hydrogen-bond donors (Lipinski definition) is 2. The molecule has 0 aliphatic heterocycles. The monoisotopic (exact) mass is 273 g/mol. The first kappa shape index (κ1) is 14.3. The topological polar surface area (TPSA) is 32.3 Å². The summed E-state index contributed by atoms with van der Waals surface area (Å²) >= 11 is 0. The number of alkyl halides is 3. The van der Waals surface area contributed by atoms with Crippen molar-refractivity contribution in [3.8, 4) is 0 Å². The molecule has 0 radical (unpaired) electrons. The highest BCUT2D eigenvalue weighted by Crippen LogP contribution is 2.33. The van der Waals surface area contributed by atoms with Crippen molar-refractivity contribution in [2.24, 2.45) is 5.92 Å². The minimum Gasteiger partial charge on any atom is -0.387 e.